The molecular formula is C16H20N4O2. The number of nitro groups is 1. The van der Waals surface area contributed by atoms with E-state index in [1.807, 2.05) is 12.1 Å². The molecule has 1 aromatic heterocycles. The minimum absolute atomic E-state index is 0.104. The molecule has 6 nitrogen and oxygen atoms in total. The number of hydrogen-bond acceptors (Lipinski definition) is 5. The molecule has 3 rings (SSSR count). The number of hydrogen-bond donors (Lipinski definition) is 0. The second-order valence-corrected chi connectivity index (χ2v) is 5.92. The number of anilines is 1. The average Bonchev–Trinajstić information content (AvgIpc) is 2.54. The third-order valence-electron chi connectivity index (χ3n) is 4.24. The summed E-state index contributed by atoms with van der Waals surface area (Å²) in [6.07, 6.45) is 0. The van der Waals surface area contributed by atoms with E-state index in [0.717, 1.165) is 42.9 Å². The topological polar surface area (TPSA) is 62.5 Å². The Morgan fingerprint density at radius 3 is 2.50 bits per heavy atom. The number of non-ortho nitro benzene ring substituents is 1. The lowest BCUT2D eigenvalue weighted by molar-refractivity contribution is -0.384. The molecule has 1 saturated heterocycles. The zero-order chi connectivity index (χ0) is 15.7. The van der Waals surface area contributed by atoms with Gasteiger partial charge in [-0.15, -0.1) is 0 Å². The van der Waals surface area contributed by atoms with Crippen molar-refractivity contribution < 1.29 is 4.92 Å². The van der Waals surface area contributed by atoms with E-state index in [-0.39, 0.29) is 10.6 Å². The third kappa shape index (κ3) is 2.87. The number of nitro benzene ring substituents is 1. The molecule has 0 saturated carbocycles. The Morgan fingerprint density at radius 2 is 1.86 bits per heavy atom. The quantitative estimate of drug-likeness (QED) is 0.644. The van der Waals surface area contributed by atoms with E-state index >= 15 is 0 Å². The summed E-state index contributed by atoms with van der Waals surface area (Å²) in [5, 5.41) is 11.6. The highest BCUT2D eigenvalue weighted by atomic mass is 16.6. The molecule has 1 aromatic carbocycles. The van der Waals surface area contributed by atoms with Crippen molar-refractivity contribution in [1.82, 2.24) is 9.88 Å². The molecule has 0 unspecified atom stereocenters. The Balaban J connectivity index is 1.81. The first-order valence-corrected chi connectivity index (χ1v) is 7.59. The second-order valence-electron chi connectivity index (χ2n) is 5.92. The first kappa shape index (κ1) is 14.7. The molecule has 0 atom stereocenters. The van der Waals surface area contributed by atoms with Gasteiger partial charge >= 0.3 is 0 Å². The number of nitrogens with zero attached hydrogens (tertiary/aromatic N) is 4. The first-order valence-electron chi connectivity index (χ1n) is 7.59. The van der Waals surface area contributed by atoms with E-state index in [1.54, 1.807) is 12.1 Å². The van der Waals surface area contributed by atoms with E-state index in [1.165, 1.54) is 6.07 Å². The molecule has 6 heteroatoms. The van der Waals surface area contributed by atoms with Crippen molar-refractivity contribution in [2.24, 2.45) is 0 Å². The minimum Gasteiger partial charge on any atom is -0.354 e. The molecule has 0 radical (unpaired) electrons. The van der Waals surface area contributed by atoms with Gasteiger partial charge in [-0.05, 0) is 32.0 Å². The molecule has 0 bridgehead atoms. The average molecular weight is 300 g/mol. The van der Waals surface area contributed by atoms with Gasteiger partial charge in [0.25, 0.3) is 5.69 Å². The molecule has 116 valence electrons. The Bertz CT molecular complexity index is 694. The summed E-state index contributed by atoms with van der Waals surface area (Å²) < 4.78 is 0. The maximum absolute atomic E-state index is 10.8. The summed E-state index contributed by atoms with van der Waals surface area (Å²) in [4.78, 5) is 19.8. The lowest BCUT2D eigenvalue weighted by Gasteiger charge is -2.37. The van der Waals surface area contributed by atoms with Gasteiger partial charge in [-0.1, -0.05) is 0 Å². The minimum atomic E-state index is -0.376. The smallest absolute Gasteiger partial charge is 0.270 e. The van der Waals surface area contributed by atoms with Crippen LogP contribution in [0.4, 0.5) is 11.5 Å². The Hall–Kier alpha value is -2.21. The van der Waals surface area contributed by atoms with Gasteiger partial charge in [0.1, 0.15) is 5.82 Å². The van der Waals surface area contributed by atoms with E-state index in [2.05, 4.69) is 28.6 Å². The summed E-state index contributed by atoms with van der Waals surface area (Å²) in [5.41, 5.74) is 0.905. The van der Waals surface area contributed by atoms with Gasteiger partial charge in [-0.2, -0.15) is 0 Å². The number of piperazine rings is 1. The SMILES string of the molecule is CC(C)N1CCN(c2ccc3cc([N+](=O)[O-])ccc3n2)CC1. The van der Waals surface area contributed by atoms with Crippen molar-refractivity contribution in [1.29, 1.82) is 0 Å². The highest BCUT2D eigenvalue weighted by molar-refractivity contribution is 5.82. The zero-order valence-electron chi connectivity index (χ0n) is 12.9. The second kappa shape index (κ2) is 5.88. The van der Waals surface area contributed by atoms with Crippen molar-refractivity contribution in [3.05, 3.63) is 40.4 Å². The molecule has 2 heterocycles. The maximum atomic E-state index is 10.8. The van der Waals surface area contributed by atoms with Gasteiger partial charge in [-0.25, -0.2) is 4.98 Å². The van der Waals surface area contributed by atoms with Gasteiger partial charge in [-0.3, -0.25) is 15.0 Å². The summed E-state index contributed by atoms with van der Waals surface area (Å²) in [7, 11) is 0. The Morgan fingerprint density at radius 1 is 1.14 bits per heavy atom. The van der Waals surface area contributed by atoms with Crippen molar-refractivity contribution >= 4 is 22.4 Å². The van der Waals surface area contributed by atoms with Crippen LogP contribution >= 0.6 is 0 Å². The Labute approximate surface area is 129 Å². The normalized spacial score (nSPS) is 16.4. The molecular weight excluding hydrogens is 280 g/mol. The lowest BCUT2D eigenvalue weighted by atomic mass is 10.2. The van der Waals surface area contributed by atoms with Crippen LogP contribution in [0.5, 0.6) is 0 Å². The van der Waals surface area contributed by atoms with E-state index < -0.39 is 0 Å². The largest absolute Gasteiger partial charge is 0.354 e. The Kier molecular flexibility index (Phi) is 3.94. The van der Waals surface area contributed by atoms with Crippen LogP contribution in [0.25, 0.3) is 10.9 Å². The van der Waals surface area contributed by atoms with Crippen LogP contribution in [0.3, 0.4) is 0 Å². The molecule has 22 heavy (non-hydrogen) atoms. The van der Waals surface area contributed by atoms with Crippen LogP contribution in [0.1, 0.15) is 13.8 Å². The number of rotatable bonds is 3. The number of benzene rings is 1. The predicted octanol–water partition coefficient (Wildman–Crippen LogP) is 2.67. The van der Waals surface area contributed by atoms with Crippen LogP contribution < -0.4 is 4.90 Å². The third-order valence-corrected chi connectivity index (χ3v) is 4.24. The highest BCUT2D eigenvalue weighted by Gasteiger charge is 2.20. The molecule has 0 amide bonds. The molecule has 1 aliphatic rings. The van der Waals surface area contributed by atoms with Crippen molar-refractivity contribution in [2.45, 2.75) is 19.9 Å². The van der Waals surface area contributed by atoms with Crippen LogP contribution in [0.15, 0.2) is 30.3 Å². The first-order chi connectivity index (χ1) is 10.5. The standard InChI is InChI=1S/C16H20N4O2/c1-12(2)18-7-9-19(10-8-18)16-6-3-13-11-14(20(21)22)4-5-15(13)17-16/h3-6,11-12H,7-10H2,1-2H3. The fourth-order valence-corrected chi connectivity index (χ4v) is 2.86. The van der Waals surface area contributed by atoms with Gasteiger partial charge in [0, 0.05) is 49.7 Å². The zero-order valence-corrected chi connectivity index (χ0v) is 12.9. The van der Waals surface area contributed by atoms with E-state index in [4.69, 9.17) is 0 Å². The number of aromatic nitrogens is 1. The number of fused-ring (bicyclic) bond motifs is 1. The summed E-state index contributed by atoms with van der Waals surface area (Å²) >= 11 is 0. The van der Waals surface area contributed by atoms with Crippen molar-refractivity contribution in [3.8, 4) is 0 Å². The molecule has 0 N–H and O–H groups in total. The maximum Gasteiger partial charge on any atom is 0.270 e. The monoisotopic (exact) mass is 300 g/mol. The highest BCUT2D eigenvalue weighted by Crippen LogP contribution is 2.23. The molecule has 0 aliphatic carbocycles. The molecule has 2 aromatic rings. The van der Waals surface area contributed by atoms with Gasteiger partial charge in [0.2, 0.25) is 0 Å². The number of pyridine rings is 1. The lowest BCUT2D eigenvalue weighted by Crippen LogP contribution is -2.49. The molecule has 1 fully saturated rings. The van der Waals surface area contributed by atoms with Gasteiger partial charge < -0.3 is 4.90 Å². The van der Waals surface area contributed by atoms with Crippen molar-refractivity contribution in [2.75, 3.05) is 31.1 Å². The molecule has 0 spiro atoms. The summed E-state index contributed by atoms with van der Waals surface area (Å²) in [5.74, 6) is 0.949. The molecule has 1 aliphatic heterocycles. The van der Waals surface area contributed by atoms with Crippen molar-refractivity contribution in [3.63, 3.8) is 0 Å². The van der Waals surface area contributed by atoms with Gasteiger partial charge in [0.15, 0.2) is 0 Å². The fourth-order valence-electron chi connectivity index (χ4n) is 2.86. The van der Waals surface area contributed by atoms with Crippen LogP contribution in [-0.4, -0.2) is 47.0 Å². The van der Waals surface area contributed by atoms with Crippen LogP contribution in [0, 0.1) is 10.1 Å². The van der Waals surface area contributed by atoms with Crippen LogP contribution in [0.2, 0.25) is 0 Å². The van der Waals surface area contributed by atoms with Gasteiger partial charge in [0.05, 0.1) is 10.4 Å². The summed E-state index contributed by atoms with van der Waals surface area (Å²) in [6.45, 7) is 8.44. The fraction of sp³-hybridized carbons (Fsp3) is 0.438. The predicted molar refractivity (Wildman–Crippen MR) is 87.3 cm³/mol. The summed E-state index contributed by atoms with van der Waals surface area (Å²) in [6, 6.07) is 9.25. The van der Waals surface area contributed by atoms with Crippen LogP contribution in [-0.2, 0) is 0 Å². The van der Waals surface area contributed by atoms with E-state index in [9.17, 15) is 10.1 Å². The van der Waals surface area contributed by atoms with E-state index in [0.29, 0.717) is 6.04 Å².